The maximum atomic E-state index is 12.5. The van der Waals surface area contributed by atoms with Crippen LogP contribution in [0, 0.1) is 11.3 Å². The minimum atomic E-state index is -0.748. The van der Waals surface area contributed by atoms with Crippen molar-refractivity contribution in [2.45, 2.75) is 4.90 Å². The summed E-state index contributed by atoms with van der Waals surface area (Å²) in [6.07, 6.45) is 0. The molecule has 0 fully saturated rings. The molecule has 3 aromatic rings. The molecule has 0 radical (unpaired) electrons. The van der Waals surface area contributed by atoms with E-state index in [4.69, 9.17) is 9.15 Å². The Kier molecular flexibility index (Phi) is 4.63. The lowest BCUT2D eigenvalue weighted by molar-refractivity contribution is -0.118. The zero-order chi connectivity index (χ0) is 19.7. The van der Waals surface area contributed by atoms with E-state index in [1.54, 1.807) is 30.1 Å². The number of Topliss-reactive ketones (excluding diaryl/α,β-unsaturated/α-hetero) is 1. The molecule has 0 bridgehead atoms. The Morgan fingerprint density at radius 1 is 1.18 bits per heavy atom. The average molecular weight is 390 g/mol. The van der Waals surface area contributed by atoms with Gasteiger partial charge in [0.25, 0.3) is 0 Å². The van der Waals surface area contributed by atoms with E-state index in [-0.39, 0.29) is 11.3 Å². The summed E-state index contributed by atoms with van der Waals surface area (Å²) in [6, 6.07) is 18.3. The number of thioether (sulfide) groups is 1. The molecule has 7 heteroatoms. The number of rotatable bonds is 4. The minimum absolute atomic E-state index is 0.0138. The topological polar surface area (TPSA) is 83.5 Å². The molecule has 0 N–H and O–H groups in total. The average Bonchev–Trinajstić information content (AvgIpc) is 3.29. The number of carbonyl (C=O) groups is 2. The van der Waals surface area contributed by atoms with E-state index in [9.17, 15) is 14.9 Å². The van der Waals surface area contributed by atoms with Gasteiger partial charge in [-0.2, -0.15) is 5.26 Å². The third kappa shape index (κ3) is 3.15. The summed E-state index contributed by atoms with van der Waals surface area (Å²) in [5, 5.41) is 10.8. The van der Waals surface area contributed by atoms with Gasteiger partial charge in [0, 0.05) is 17.3 Å². The molecule has 1 aliphatic heterocycles. The first kappa shape index (κ1) is 17.9. The Morgan fingerprint density at radius 2 is 1.93 bits per heavy atom. The van der Waals surface area contributed by atoms with Gasteiger partial charge in [0.15, 0.2) is 6.61 Å². The van der Waals surface area contributed by atoms with Crippen LogP contribution in [0.3, 0.4) is 0 Å². The summed E-state index contributed by atoms with van der Waals surface area (Å²) in [5.41, 5.74) is 1.44. The van der Waals surface area contributed by atoms with Crippen molar-refractivity contribution in [1.82, 2.24) is 0 Å². The number of ketones is 1. The maximum Gasteiger partial charge on any atom is 0.374 e. The van der Waals surface area contributed by atoms with E-state index < -0.39 is 18.4 Å². The highest BCUT2D eigenvalue weighted by atomic mass is 32.2. The number of esters is 1. The number of hydrogen-bond donors (Lipinski definition) is 0. The summed E-state index contributed by atoms with van der Waals surface area (Å²) >= 11 is 1.34. The van der Waals surface area contributed by atoms with Crippen molar-refractivity contribution in [2.24, 2.45) is 0 Å². The molecule has 0 atom stereocenters. The molecule has 1 aliphatic rings. The lowest BCUT2D eigenvalue weighted by Crippen LogP contribution is -2.19. The quantitative estimate of drug-likeness (QED) is 0.376. The number of anilines is 1. The van der Waals surface area contributed by atoms with Crippen molar-refractivity contribution < 1.29 is 18.7 Å². The van der Waals surface area contributed by atoms with Crippen molar-refractivity contribution in [3.8, 4) is 6.07 Å². The molecule has 0 saturated heterocycles. The SMILES string of the molecule is CN1/C(=C(\C#N)C(=O)COC(=O)c2cc3ccccc3o2)Sc2ccccc21. The molecule has 0 unspecified atom stereocenters. The summed E-state index contributed by atoms with van der Waals surface area (Å²) in [6.45, 7) is -0.535. The van der Waals surface area contributed by atoms with Gasteiger partial charge in [0.05, 0.1) is 5.69 Å². The highest BCUT2D eigenvalue weighted by molar-refractivity contribution is 8.03. The van der Waals surface area contributed by atoms with Crippen molar-refractivity contribution in [3.63, 3.8) is 0 Å². The third-order valence-electron chi connectivity index (χ3n) is 4.30. The second-order valence-corrected chi connectivity index (χ2v) is 7.10. The van der Waals surface area contributed by atoms with Gasteiger partial charge >= 0.3 is 5.97 Å². The molecule has 0 aliphatic carbocycles. The van der Waals surface area contributed by atoms with Crippen molar-refractivity contribution in [3.05, 3.63) is 71.0 Å². The van der Waals surface area contributed by atoms with Crippen LogP contribution in [0.1, 0.15) is 10.6 Å². The van der Waals surface area contributed by atoms with Gasteiger partial charge in [-0.25, -0.2) is 4.79 Å². The predicted octanol–water partition coefficient (Wildman–Crippen LogP) is 4.14. The first-order valence-corrected chi connectivity index (χ1v) is 9.24. The number of ether oxygens (including phenoxy) is 1. The summed E-state index contributed by atoms with van der Waals surface area (Å²) in [7, 11) is 1.79. The van der Waals surface area contributed by atoms with Crippen LogP contribution in [-0.4, -0.2) is 25.4 Å². The smallest absolute Gasteiger partial charge is 0.374 e. The number of fused-ring (bicyclic) bond motifs is 2. The molecule has 138 valence electrons. The van der Waals surface area contributed by atoms with Gasteiger partial charge in [-0.15, -0.1) is 0 Å². The van der Waals surface area contributed by atoms with Crippen molar-refractivity contribution in [1.29, 1.82) is 5.26 Å². The number of nitriles is 1. The molecule has 0 spiro atoms. The standard InChI is InChI=1S/C21H14N2O4S/c1-23-15-7-3-5-9-19(15)28-20(23)14(11-22)16(24)12-26-21(25)18-10-13-6-2-4-8-17(13)27-18/h2-10H,12H2,1H3/b20-14-. The predicted molar refractivity (Wildman–Crippen MR) is 105 cm³/mol. The van der Waals surface area contributed by atoms with Crippen LogP contribution in [0.25, 0.3) is 11.0 Å². The van der Waals surface area contributed by atoms with Gasteiger partial charge in [-0.3, -0.25) is 4.79 Å². The largest absolute Gasteiger partial charge is 0.451 e. The van der Waals surface area contributed by atoms with E-state index in [1.807, 2.05) is 42.5 Å². The summed E-state index contributed by atoms with van der Waals surface area (Å²) in [5.74, 6) is -1.29. The Bertz CT molecular complexity index is 1140. The van der Waals surface area contributed by atoms with Crippen LogP contribution < -0.4 is 4.90 Å². The van der Waals surface area contributed by atoms with E-state index in [1.165, 1.54) is 11.8 Å². The van der Waals surface area contributed by atoms with Crippen LogP contribution in [0.2, 0.25) is 0 Å². The van der Waals surface area contributed by atoms with Crippen LogP contribution >= 0.6 is 11.8 Å². The van der Waals surface area contributed by atoms with E-state index >= 15 is 0 Å². The normalized spacial score (nSPS) is 14.5. The van der Waals surface area contributed by atoms with Crippen LogP contribution in [0.5, 0.6) is 0 Å². The van der Waals surface area contributed by atoms with Crippen molar-refractivity contribution in [2.75, 3.05) is 18.6 Å². The van der Waals surface area contributed by atoms with Crippen LogP contribution in [0.15, 0.2) is 74.5 Å². The molecular formula is C21H14N2O4S. The maximum absolute atomic E-state index is 12.5. The number of hydrogen-bond acceptors (Lipinski definition) is 7. The fraction of sp³-hybridized carbons (Fsp3) is 0.0952. The fourth-order valence-corrected chi connectivity index (χ4v) is 4.07. The highest BCUT2D eigenvalue weighted by Gasteiger charge is 2.28. The minimum Gasteiger partial charge on any atom is -0.451 e. The molecule has 0 amide bonds. The van der Waals surface area contributed by atoms with E-state index in [2.05, 4.69) is 0 Å². The zero-order valence-electron chi connectivity index (χ0n) is 14.8. The number of furan rings is 1. The second kappa shape index (κ2) is 7.25. The molecular weight excluding hydrogens is 376 g/mol. The first-order chi connectivity index (χ1) is 13.6. The lowest BCUT2D eigenvalue weighted by Gasteiger charge is -2.14. The van der Waals surface area contributed by atoms with Gasteiger partial charge in [0.2, 0.25) is 11.5 Å². The Labute approximate surface area is 165 Å². The number of benzene rings is 2. The van der Waals surface area contributed by atoms with E-state index in [0.717, 1.165) is 16.0 Å². The van der Waals surface area contributed by atoms with Gasteiger partial charge < -0.3 is 14.1 Å². The Balaban J connectivity index is 1.50. The van der Waals surface area contributed by atoms with Crippen molar-refractivity contribution >= 4 is 40.2 Å². The monoisotopic (exact) mass is 390 g/mol. The lowest BCUT2D eigenvalue weighted by atomic mass is 10.2. The van der Waals surface area contributed by atoms with Crippen LogP contribution in [0.4, 0.5) is 5.69 Å². The Morgan fingerprint density at radius 3 is 2.68 bits per heavy atom. The molecule has 2 heterocycles. The summed E-state index contributed by atoms with van der Waals surface area (Å²) in [4.78, 5) is 27.5. The summed E-state index contributed by atoms with van der Waals surface area (Å²) < 4.78 is 10.5. The highest BCUT2D eigenvalue weighted by Crippen LogP contribution is 2.46. The molecule has 1 aromatic heterocycles. The molecule has 2 aromatic carbocycles. The van der Waals surface area contributed by atoms with Gasteiger partial charge in [-0.1, -0.05) is 42.1 Å². The van der Waals surface area contributed by atoms with E-state index in [0.29, 0.717) is 10.6 Å². The number of carbonyl (C=O) groups excluding carboxylic acids is 2. The first-order valence-electron chi connectivity index (χ1n) is 8.42. The van der Waals surface area contributed by atoms with Crippen LogP contribution in [-0.2, 0) is 9.53 Å². The third-order valence-corrected chi connectivity index (χ3v) is 5.54. The second-order valence-electron chi connectivity index (χ2n) is 6.07. The number of nitrogens with zero attached hydrogens (tertiary/aromatic N) is 2. The Hall–Kier alpha value is -3.50. The zero-order valence-corrected chi connectivity index (χ0v) is 15.7. The molecule has 0 saturated carbocycles. The fourth-order valence-electron chi connectivity index (χ4n) is 2.91. The van der Waals surface area contributed by atoms with Gasteiger partial charge in [-0.05, 0) is 24.3 Å². The van der Waals surface area contributed by atoms with Gasteiger partial charge in [0.1, 0.15) is 22.3 Å². The molecule has 6 nitrogen and oxygen atoms in total. The number of para-hydroxylation sites is 2. The molecule has 4 rings (SSSR count). The molecule has 28 heavy (non-hydrogen) atoms.